The number of aryl methyl sites for hydroxylation is 1. The van der Waals surface area contributed by atoms with Crippen molar-refractivity contribution in [1.29, 1.82) is 0 Å². The van der Waals surface area contributed by atoms with Gasteiger partial charge in [-0.15, -0.1) is 11.3 Å². The Morgan fingerprint density at radius 3 is 2.42 bits per heavy atom. The number of Topliss-reactive ketones (excluding diaryl/α,β-unsaturated/α-hetero) is 1. The molecule has 0 bridgehead atoms. The van der Waals surface area contributed by atoms with Gasteiger partial charge in [0.2, 0.25) is 11.8 Å². The molecule has 3 aliphatic heterocycles. The van der Waals surface area contributed by atoms with E-state index in [1.54, 1.807) is 34.4 Å². The Kier molecular flexibility index (Phi) is 16.6. The Morgan fingerprint density at radius 2 is 1.71 bits per heavy atom. The minimum Gasteiger partial charge on any atom is -0.508 e. The summed E-state index contributed by atoms with van der Waals surface area (Å²) in [6.45, 7) is 17.6. The fourth-order valence-electron chi connectivity index (χ4n) is 11.5. The van der Waals surface area contributed by atoms with Crippen LogP contribution in [-0.4, -0.2) is 140 Å². The first-order valence-electron chi connectivity index (χ1n) is 27.1. The number of hydrogen-bond acceptors (Lipinski definition) is 15. The number of ketones is 1. The molecule has 19 heteroatoms. The van der Waals surface area contributed by atoms with E-state index in [1.807, 2.05) is 81.4 Å². The Bertz CT molecular complexity index is 3370. The predicted octanol–water partition coefficient (Wildman–Crippen LogP) is 10.2. The van der Waals surface area contributed by atoms with Gasteiger partial charge in [-0.2, -0.15) is 9.97 Å². The third-order valence-corrected chi connectivity index (χ3v) is 17.0. The molecule has 3 aliphatic rings. The van der Waals surface area contributed by atoms with Gasteiger partial charge in [0.25, 0.3) is 5.88 Å². The number of β-amino-alcohol motifs (C(OH)–C–C–N with tert-alkyl or cyclic N) is 1. The third-order valence-electron chi connectivity index (χ3n) is 15.7. The largest absolute Gasteiger partial charge is 0.508 e. The van der Waals surface area contributed by atoms with Crippen molar-refractivity contribution in [2.45, 2.75) is 90.4 Å². The molecule has 79 heavy (non-hydrogen) atoms. The lowest BCUT2D eigenvalue weighted by molar-refractivity contribution is -0.140. The number of fused-ring (bicyclic) bond motifs is 2. The maximum Gasteiger partial charge on any atom is 0.319 e. The number of halogens is 2. The van der Waals surface area contributed by atoms with E-state index in [0.29, 0.717) is 67.2 Å². The van der Waals surface area contributed by atoms with E-state index in [2.05, 4.69) is 38.7 Å². The fourth-order valence-corrected chi connectivity index (χ4v) is 12.6. The molecule has 0 aliphatic carbocycles. The van der Waals surface area contributed by atoms with E-state index < -0.39 is 30.0 Å². The number of aromatic nitrogens is 4. The number of piperazine rings is 1. The van der Waals surface area contributed by atoms with E-state index in [-0.39, 0.29) is 88.5 Å². The zero-order valence-electron chi connectivity index (χ0n) is 45.1. The SMILES string of the molecule is C=CC(=O)N1CCN(c2nc(O[C@H](C)CN3CCC(COc4cc([C@H](C(=O)N5C[C@H](O)C[C@H]5C(=O)C[C@@H](C)c5ccc(-c6scnc6C)cc5)C(C)C)on4)CC3)nc3c(F)c(-c4cc(O)cc5ccccc45)c(Cl)cc23)CC1. The second kappa shape index (κ2) is 23.8. The van der Waals surface area contributed by atoms with Crippen LogP contribution in [0, 0.1) is 24.6 Å². The molecule has 3 fully saturated rings. The summed E-state index contributed by atoms with van der Waals surface area (Å²) in [6, 6.07) is 21.3. The molecule has 16 nitrogen and oxygen atoms in total. The van der Waals surface area contributed by atoms with E-state index in [0.717, 1.165) is 53.0 Å². The highest BCUT2D eigenvalue weighted by Gasteiger charge is 2.43. The number of aliphatic hydroxyl groups is 1. The van der Waals surface area contributed by atoms with Gasteiger partial charge in [0.15, 0.2) is 17.4 Å². The lowest BCUT2D eigenvalue weighted by atomic mass is 9.89. The number of amides is 2. The number of ether oxygens (including phenoxy) is 2. The van der Waals surface area contributed by atoms with Crippen molar-refractivity contribution in [3.63, 3.8) is 0 Å². The van der Waals surface area contributed by atoms with E-state index in [1.165, 1.54) is 17.0 Å². The minimum absolute atomic E-state index is 0.00130. The van der Waals surface area contributed by atoms with Crippen LogP contribution in [-0.2, 0) is 14.4 Å². The van der Waals surface area contributed by atoms with Crippen molar-refractivity contribution in [2.75, 3.05) is 63.9 Å². The van der Waals surface area contributed by atoms with Crippen LogP contribution in [0.15, 0.2) is 95.5 Å². The molecule has 0 spiro atoms. The summed E-state index contributed by atoms with van der Waals surface area (Å²) < 4.78 is 35.6. The van der Waals surface area contributed by atoms with Crippen LogP contribution in [0.2, 0.25) is 5.02 Å². The highest BCUT2D eigenvalue weighted by molar-refractivity contribution is 7.13. The van der Waals surface area contributed by atoms with Crippen LogP contribution in [0.1, 0.15) is 82.2 Å². The number of phenols is 1. The van der Waals surface area contributed by atoms with Gasteiger partial charge in [-0.25, -0.2) is 9.37 Å². The summed E-state index contributed by atoms with van der Waals surface area (Å²) in [7, 11) is 0. The van der Waals surface area contributed by atoms with Gasteiger partial charge in [-0.05, 0) is 114 Å². The summed E-state index contributed by atoms with van der Waals surface area (Å²) in [5, 5.41) is 27.7. The van der Waals surface area contributed by atoms with E-state index in [4.69, 9.17) is 30.6 Å². The molecule has 2 amide bonds. The quantitative estimate of drug-likeness (QED) is 0.0773. The van der Waals surface area contributed by atoms with Crippen LogP contribution in [0.3, 0.4) is 0 Å². The summed E-state index contributed by atoms with van der Waals surface area (Å²) in [4.78, 5) is 63.3. The average molecular weight is 1110 g/mol. The van der Waals surface area contributed by atoms with Crippen LogP contribution in [0.5, 0.6) is 17.6 Å². The lowest BCUT2D eigenvalue weighted by Crippen LogP contribution is -2.48. The molecule has 0 saturated carbocycles. The van der Waals surface area contributed by atoms with Gasteiger partial charge in [-0.1, -0.05) is 87.5 Å². The number of rotatable bonds is 18. The number of likely N-dealkylation sites (tertiary alicyclic amines) is 2. The summed E-state index contributed by atoms with van der Waals surface area (Å²) in [5.74, 6) is -1.00. The van der Waals surface area contributed by atoms with Crippen LogP contribution < -0.4 is 14.4 Å². The molecule has 3 saturated heterocycles. The number of aliphatic hydroxyl groups excluding tert-OH is 1. The van der Waals surface area contributed by atoms with Gasteiger partial charge in [-0.3, -0.25) is 19.3 Å². The van der Waals surface area contributed by atoms with Crippen molar-refractivity contribution in [3.8, 4) is 39.2 Å². The number of aromatic hydroxyl groups is 1. The van der Waals surface area contributed by atoms with Crippen molar-refractivity contribution in [3.05, 3.63) is 119 Å². The smallest absolute Gasteiger partial charge is 0.319 e. The molecule has 2 N–H and O–H groups in total. The van der Waals surface area contributed by atoms with Gasteiger partial charge >= 0.3 is 6.01 Å². The number of phenolic OH excluding ortho intramolecular Hbond substituents is 1. The third kappa shape index (κ3) is 12.0. The fraction of sp³-hybridized carbons (Fsp3) is 0.417. The summed E-state index contributed by atoms with van der Waals surface area (Å²) >= 11 is 8.54. The number of benzene rings is 4. The minimum atomic E-state index is -0.818. The summed E-state index contributed by atoms with van der Waals surface area (Å²) in [6.07, 6.45) is 2.17. The Balaban J connectivity index is 0.759. The van der Waals surface area contributed by atoms with E-state index in [9.17, 15) is 24.6 Å². The topological polar surface area (TPSA) is 188 Å². The molecule has 414 valence electrons. The Hall–Kier alpha value is -6.99. The van der Waals surface area contributed by atoms with Gasteiger partial charge in [0.1, 0.15) is 29.1 Å². The number of thiazole rings is 1. The van der Waals surface area contributed by atoms with Crippen molar-refractivity contribution in [2.24, 2.45) is 11.8 Å². The second-order valence-corrected chi connectivity index (χ2v) is 22.9. The van der Waals surface area contributed by atoms with Crippen molar-refractivity contribution in [1.82, 2.24) is 34.8 Å². The lowest BCUT2D eigenvalue weighted by Gasteiger charge is -2.35. The summed E-state index contributed by atoms with van der Waals surface area (Å²) in [5.41, 5.74) is 5.45. The molecule has 6 heterocycles. The van der Waals surface area contributed by atoms with Crippen LogP contribution in [0.4, 0.5) is 10.2 Å². The van der Waals surface area contributed by atoms with Crippen molar-refractivity contribution >= 4 is 68.0 Å². The maximum atomic E-state index is 17.2. The molecule has 4 aromatic carbocycles. The first-order valence-corrected chi connectivity index (χ1v) is 28.4. The number of carbonyl (C=O) groups is 3. The zero-order chi connectivity index (χ0) is 55.6. The molecule has 0 unspecified atom stereocenters. The Morgan fingerprint density at radius 1 is 0.962 bits per heavy atom. The molecule has 5 atom stereocenters. The number of nitrogens with zero attached hydrogens (tertiary/aromatic N) is 8. The molecule has 0 radical (unpaired) electrons. The molecular weight excluding hydrogens is 1050 g/mol. The highest BCUT2D eigenvalue weighted by atomic mass is 35.5. The Labute approximate surface area is 467 Å². The molecule has 3 aromatic heterocycles. The number of carbonyl (C=O) groups excluding carboxylic acids is 3. The normalized spacial score (nSPS) is 18.6. The van der Waals surface area contributed by atoms with Gasteiger partial charge in [0, 0.05) is 69.1 Å². The van der Waals surface area contributed by atoms with Crippen molar-refractivity contribution < 1.29 is 43.0 Å². The second-order valence-electron chi connectivity index (χ2n) is 21.6. The number of anilines is 1. The van der Waals surface area contributed by atoms with Crippen LogP contribution >= 0.6 is 22.9 Å². The zero-order valence-corrected chi connectivity index (χ0v) is 46.7. The van der Waals surface area contributed by atoms with Crippen LogP contribution in [0.25, 0.3) is 43.2 Å². The standard InChI is InChI=1S/C60H66ClFN8O8S/c1-7-52(74)68-20-22-69(23-21-68)58-46-28-47(61)54(45-26-42(71)25-41-10-8-9-11-44(41)45)55(62)56(46)64-60(65-58)77-36(5)30-67-18-16-38(17-19-67)32-76-51-29-50(78-66-51)53(34(2)3)59(75)70-31-43(72)27-48(70)49(73)24-35(4)39-12-14-40(15-13-39)57-37(6)63-33-79-57/h7-15,25-26,28-29,33-36,38,43,48,53,71-72H,1,16-24,27,30-32H2,2-6H3/t35-,36-,43-,48+,53-/m1/s1. The number of piperidine rings is 1. The first kappa shape index (κ1) is 55.3. The van der Waals surface area contributed by atoms with Gasteiger partial charge < -0.3 is 38.9 Å². The highest BCUT2D eigenvalue weighted by Crippen LogP contribution is 2.43. The first-order chi connectivity index (χ1) is 38.0. The van der Waals surface area contributed by atoms with Gasteiger partial charge in [0.05, 0.1) is 39.9 Å². The predicted molar refractivity (Wildman–Crippen MR) is 303 cm³/mol. The monoisotopic (exact) mass is 1110 g/mol. The van der Waals surface area contributed by atoms with E-state index >= 15 is 4.39 Å². The molecular formula is C60H66ClFN8O8S. The molecule has 10 rings (SSSR count). The maximum absolute atomic E-state index is 17.2. The average Bonchev–Trinajstić information content (AvgIpc) is 4.36. The molecule has 7 aromatic rings. The number of hydrogen-bond donors (Lipinski definition) is 2.